The molecule has 0 fully saturated rings. The van der Waals surface area contributed by atoms with Crippen molar-refractivity contribution in [2.45, 2.75) is 6.10 Å². The summed E-state index contributed by atoms with van der Waals surface area (Å²) in [5.41, 5.74) is 2.24. The Bertz CT molecular complexity index is 553. The number of aliphatic hydroxyl groups is 1. The van der Waals surface area contributed by atoms with E-state index >= 15 is 0 Å². The normalized spacial score (nSPS) is 11.8. The number of hydrogen-bond donors (Lipinski definition) is 2. The van der Waals surface area contributed by atoms with Gasteiger partial charge < -0.3 is 10.4 Å². The Balaban J connectivity index is 1.95. The first-order valence-corrected chi connectivity index (χ1v) is 5.59. The summed E-state index contributed by atoms with van der Waals surface area (Å²) in [6, 6.07) is 8.96. The van der Waals surface area contributed by atoms with Gasteiger partial charge in [-0.2, -0.15) is 10.4 Å². The van der Waals surface area contributed by atoms with E-state index in [9.17, 15) is 5.11 Å². The number of hydrogen-bond acceptors (Lipinski definition) is 4. The zero-order valence-electron chi connectivity index (χ0n) is 10.0. The van der Waals surface area contributed by atoms with Crippen LogP contribution >= 0.6 is 0 Å². The summed E-state index contributed by atoms with van der Waals surface area (Å²) in [6.45, 7) is 0.400. The highest BCUT2D eigenvalue weighted by molar-refractivity contribution is 5.39. The van der Waals surface area contributed by atoms with Gasteiger partial charge in [0.1, 0.15) is 0 Å². The molecule has 0 aliphatic rings. The summed E-state index contributed by atoms with van der Waals surface area (Å²) < 4.78 is 1.69. The Morgan fingerprint density at radius 3 is 2.72 bits per heavy atom. The second-order valence-corrected chi connectivity index (χ2v) is 4.03. The van der Waals surface area contributed by atoms with E-state index in [0.717, 1.165) is 11.3 Å². The second kappa shape index (κ2) is 5.34. The van der Waals surface area contributed by atoms with Crippen molar-refractivity contribution in [1.82, 2.24) is 9.78 Å². The van der Waals surface area contributed by atoms with E-state index in [0.29, 0.717) is 12.1 Å². The molecular weight excluding hydrogens is 228 g/mol. The fourth-order valence-electron chi connectivity index (χ4n) is 1.62. The monoisotopic (exact) mass is 242 g/mol. The zero-order chi connectivity index (χ0) is 13.0. The largest absolute Gasteiger partial charge is 0.387 e. The number of benzene rings is 1. The Morgan fingerprint density at radius 2 is 2.17 bits per heavy atom. The van der Waals surface area contributed by atoms with Crippen molar-refractivity contribution in [3.05, 3.63) is 47.8 Å². The van der Waals surface area contributed by atoms with Gasteiger partial charge in [-0.3, -0.25) is 4.68 Å². The lowest BCUT2D eigenvalue weighted by Gasteiger charge is -2.11. The fourth-order valence-corrected chi connectivity index (χ4v) is 1.62. The molecule has 0 radical (unpaired) electrons. The quantitative estimate of drug-likeness (QED) is 0.850. The Hall–Kier alpha value is -2.32. The summed E-state index contributed by atoms with van der Waals surface area (Å²) in [7, 11) is 1.84. The predicted molar refractivity (Wildman–Crippen MR) is 67.8 cm³/mol. The Kier molecular flexibility index (Phi) is 3.60. The van der Waals surface area contributed by atoms with Gasteiger partial charge in [0.05, 0.1) is 29.6 Å². The van der Waals surface area contributed by atoms with Gasteiger partial charge in [-0.1, -0.05) is 12.1 Å². The number of nitrogens with zero attached hydrogens (tertiary/aromatic N) is 3. The van der Waals surface area contributed by atoms with E-state index in [1.807, 2.05) is 19.3 Å². The summed E-state index contributed by atoms with van der Waals surface area (Å²) in [6.07, 6.45) is 2.93. The Morgan fingerprint density at radius 1 is 1.44 bits per heavy atom. The van der Waals surface area contributed by atoms with Gasteiger partial charge in [-0.15, -0.1) is 0 Å². The molecule has 0 aliphatic carbocycles. The maximum absolute atomic E-state index is 9.98. The first-order chi connectivity index (χ1) is 8.69. The highest BCUT2D eigenvalue weighted by Gasteiger charge is 2.07. The number of aliphatic hydroxyl groups excluding tert-OH is 1. The molecule has 1 unspecified atom stereocenters. The van der Waals surface area contributed by atoms with Gasteiger partial charge in [0.15, 0.2) is 0 Å². The average Bonchev–Trinajstić information content (AvgIpc) is 2.82. The lowest BCUT2D eigenvalue weighted by molar-refractivity contribution is 0.191. The molecule has 92 valence electrons. The maximum Gasteiger partial charge on any atom is 0.0991 e. The van der Waals surface area contributed by atoms with Crippen LogP contribution in [0.2, 0.25) is 0 Å². The molecule has 5 nitrogen and oxygen atoms in total. The van der Waals surface area contributed by atoms with Gasteiger partial charge in [0.2, 0.25) is 0 Å². The van der Waals surface area contributed by atoms with Crippen LogP contribution in [-0.4, -0.2) is 21.4 Å². The van der Waals surface area contributed by atoms with Gasteiger partial charge in [0, 0.05) is 19.8 Å². The molecule has 1 aromatic heterocycles. The number of rotatable bonds is 4. The van der Waals surface area contributed by atoms with Crippen LogP contribution in [0.15, 0.2) is 36.7 Å². The number of aromatic nitrogens is 2. The SMILES string of the molecule is Cn1cc(NCC(O)c2ccc(C#N)cc2)cn1. The number of aryl methyl sites for hydroxylation is 1. The number of nitriles is 1. The van der Waals surface area contributed by atoms with E-state index in [1.165, 1.54) is 0 Å². The van der Waals surface area contributed by atoms with E-state index in [2.05, 4.69) is 10.4 Å². The standard InChI is InChI=1S/C13H14N4O/c1-17-9-12(7-16-17)15-8-13(18)11-4-2-10(6-14)3-5-11/h2-5,7,9,13,15,18H,8H2,1H3. The second-order valence-electron chi connectivity index (χ2n) is 4.03. The highest BCUT2D eigenvalue weighted by Crippen LogP contribution is 2.14. The Labute approximate surface area is 105 Å². The predicted octanol–water partition coefficient (Wildman–Crippen LogP) is 1.44. The van der Waals surface area contributed by atoms with E-state index < -0.39 is 6.10 Å². The third kappa shape index (κ3) is 2.87. The molecule has 1 atom stereocenters. The molecule has 0 aliphatic heterocycles. The molecular formula is C13H14N4O. The van der Waals surface area contributed by atoms with Crippen molar-refractivity contribution in [3.63, 3.8) is 0 Å². The van der Waals surface area contributed by atoms with Crippen LogP contribution < -0.4 is 5.32 Å². The molecule has 0 amide bonds. The minimum Gasteiger partial charge on any atom is -0.387 e. The van der Waals surface area contributed by atoms with Gasteiger partial charge in [-0.25, -0.2) is 0 Å². The van der Waals surface area contributed by atoms with Gasteiger partial charge in [-0.05, 0) is 17.7 Å². The smallest absolute Gasteiger partial charge is 0.0991 e. The van der Waals surface area contributed by atoms with E-state index in [4.69, 9.17) is 5.26 Å². The van der Waals surface area contributed by atoms with Crippen molar-refractivity contribution in [2.75, 3.05) is 11.9 Å². The molecule has 0 spiro atoms. The number of anilines is 1. The highest BCUT2D eigenvalue weighted by atomic mass is 16.3. The van der Waals surface area contributed by atoms with Crippen LogP contribution in [0, 0.1) is 11.3 Å². The topological polar surface area (TPSA) is 73.9 Å². The zero-order valence-corrected chi connectivity index (χ0v) is 10.0. The molecule has 0 bridgehead atoms. The first kappa shape index (κ1) is 12.1. The fraction of sp³-hybridized carbons (Fsp3) is 0.231. The summed E-state index contributed by atoms with van der Waals surface area (Å²) in [4.78, 5) is 0. The number of nitrogens with one attached hydrogen (secondary N) is 1. The van der Waals surface area contributed by atoms with Crippen LogP contribution in [-0.2, 0) is 7.05 Å². The average molecular weight is 242 g/mol. The molecule has 1 heterocycles. The van der Waals surface area contributed by atoms with Crippen LogP contribution in [0.1, 0.15) is 17.2 Å². The molecule has 0 saturated carbocycles. The molecule has 0 saturated heterocycles. The summed E-state index contributed by atoms with van der Waals surface area (Å²) >= 11 is 0. The lowest BCUT2D eigenvalue weighted by Crippen LogP contribution is -2.11. The lowest BCUT2D eigenvalue weighted by atomic mass is 10.1. The summed E-state index contributed by atoms with van der Waals surface area (Å²) in [5, 5.41) is 25.8. The molecule has 18 heavy (non-hydrogen) atoms. The molecule has 2 rings (SSSR count). The molecule has 2 aromatic rings. The summed E-state index contributed by atoms with van der Waals surface area (Å²) in [5.74, 6) is 0. The van der Waals surface area contributed by atoms with Crippen molar-refractivity contribution in [2.24, 2.45) is 7.05 Å². The van der Waals surface area contributed by atoms with Crippen LogP contribution in [0.3, 0.4) is 0 Å². The third-order valence-electron chi connectivity index (χ3n) is 2.63. The van der Waals surface area contributed by atoms with Gasteiger partial charge in [0.25, 0.3) is 0 Å². The van der Waals surface area contributed by atoms with E-state index in [-0.39, 0.29) is 0 Å². The molecule has 1 aromatic carbocycles. The van der Waals surface area contributed by atoms with Crippen molar-refractivity contribution in [3.8, 4) is 6.07 Å². The van der Waals surface area contributed by atoms with Crippen LogP contribution in [0.5, 0.6) is 0 Å². The molecule has 5 heteroatoms. The van der Waals surface area contributed by atoms with E-state index in [1.54, 1.807) is 35.1 Å². The van der Waals surface area contributed by atoms with Crippen LogP contribution in [0.4, 0.5) is 5.69 Å². The van der Waals surface area contributed by atoms with Crippen molar-refractivity contribution >= 4 is 5.69 Å². The van der Waals surface area contributed by atoms with Crippen molar-refractivity contribution < 1.29 is 5.11 Å². The van der Waals surface area contributed by atoms with Crippen LogP contribution in [0.25, 0.3) is 0 Å². The minimum atomic E-state index is -0.613. The minimum absolute atomic E-state index is 0.400. The first-order valence-electron chi connectivity index (χ1n) is 5.59. The maximum atomic E-state index is 9.98. The van der Waals surface area contributed by atoms with Crippen molar-refractivity contribution in [1.29, 1.82) is 5.26 Å². The molecule has 2 N–H and O–H groups in total. The van der Waals surface area contributed by atoms with Gasteiger partial charge >= 0.3 is 0 Å². The third-order valence-corrected chi connectivity index (χ3v) is 2.63.